The van der Waals surface area contributed by atoms with Crippen molar-refractivity contribution in [1.29, 1.82) is 0 Å². The average Bonchev–Trinajstić information content (AvgIpc) is 3.11. The molecule has 0 spiro atoms. The Hall–Kier alpha value is -1.71. The van der Waals surface area contributed by atoms with Crippen LogP contribution in [0.3, 0.4) is 0 Å². The zero-order valence-electron chi connectivity index (χ0n) is 14.9. The first-order valence-corrected chi connectivity index (χ1v) is 9.24. The molecule has 4 heteroatoms. The molecule has 1 aromatic rings. The summed E-state index contributed by atoms with van der Waals surface area (Å²) in [6.45, 7) is 0.858. The Morgan fingerprint density at radius 1 is 1.08 bits per heavy atom. The molecule has 1 amide bonds. The van der Waals surface area contributed by atoms with Crippen molar-refractivity contribution in [2.45, 2.75) is 57.4 Å². The Bertz CT molecular complexity index is 566. The minimum Gasteiger partial charge on any atom is -0.497 e. The van der Waals surface area contributed by atoms with Crippen LogP contribution in [0.1, 0.15) is 63.0 Å². The fraction of sp³-hybridized carbons (Fsp3) is 0.650. The van der Waals surface area contributed by atoms with E-state index in [1.807, 2.05) is 18.2 Å². The first-order valence-electron chi connectivity index (χ1n) is 9.24. The number of likely N-dealkylation sites (tertiary alicyclic amines) is 1. The predicted molar refractivity (Wildman–Crippen MR) is 94.4 cm³/mol. The van der Waals surface area contributed by atoms with Crippen molar-refractivity contribution < 1.29 is 14.3 Å². The SMILES string of the molecule is COc1ccc(OC)c(C2CCCN2C(=O)CC2CCCCC2)c1. The van der Waals surface area contributed by atoms with Gasteiger partial charge in [0.05, 0.1) is 20.3 Å². The number of methoxy groups -OCH3 is 2. The third-order valence-electron chi connectivity index (χ3n) is 5.56. The Labute approximate surface area is 145 Å². The fourth-order valence-electron chi connectivity index (χ4n) is 4.24. The predicted octanol–water partition coefficient (Wildman–Crippen LogP) is 4.34. The second-order valence-corrected chi connectivity index (χ2v) is 7.06. The van der Waals surface area contributed by atoms with E-state index in [1.54, 1.807) is 14.2 Å². The van der Waals surface area contributed by atoms with Gasteiger partial charge in [0.1, 0.15) is 11.5 Å². The molecule has 3 rings (SSSR count). The minimum atomic E-state index is 0.117. The first kappa shape index (κ1) is 17.1. The van der Waals surface area contributed by atoms with Gasteiger partial charge >= 0.3 is 0 Å². The van der Waals surface area contributed by atoms with Crippen LogP contribution < -0.4 is 9.47 Å². The van der Waals surface area contributed by atoms with Crippen LogP contribution in [-0.2, 0) is 4.79 Å². The van der Waals surface area contributed by atoms with Gasteiger partial charge in [-0.15, -0.1) is 0 Å². The van der Waals surface area contributed by atoms with Gasteiger partial charge in [-0.05, 0) is 49.8 Å². The molecule has 24 heavy (non-hydrogen) atoms. The third-order valence-corrected chi connectivity index (χ3v) is 5.56. The van der Waals surface area contributed by atoms with Crippen molar-refractivity contribution in [2.75, 3.05) is 20.8 Å². The molecule has 1 unspecified atom stereocenters. The molecule has 0 radical (unpaired) electrons. The summed E-state index contributed by atoms with van der Waals surface area (Å²) in [4.78, 5) is 15.0. The summed E-state index contributed by atoms with van der Waals surface area (Å²) >= 11 is 0. The van der Waals surface area contributed by atoms with Gasteiger partial charge < -0.3 is 14.4 Å². The summed E-state index contributed by atoms with van der Waals surface area (Å²) in [5.74, 6) is 2.56. The zero-order chi connectivity index (χ0) is 16.9. The van der Waals surface area contributed by atoms with Crippen molar-refractivity contribution >= 4 is 5.91 Å². The molecule has 0 bridgehead atoms. The van der Waals surface area contributed by atoms with Gasteiger partial charge in [-0.25, -0.2) is 0 Å². The van der Waals surface area contributed by atoms with Crippen LogP contribution in [0.2, 0.25) is 0 Å². The normalized spacial score (nSPS) is 21.8. The highest BCUT2D eigenvalue weighted by atomic mass is 16.5. The van der Waals surface area contributed by atoms with E-state index >= 15 is 0 Å². The monoisotopic (exact) mass is 331 g/mol. The molecule has 2 aliphatic rings. The second kappa shape index (κ2) is 7.91. The highest BCUT2D eigenvalue weighted by molar-refractivity contribution is 5.77. The molecule has 1 atom stereocenters. The van der Waals surface area contributed by atoms with E-state index in [2.05, 4.69) is 4.90 Å². The summed E-state index contributed by atoms with van der Waals surface area (Å²) in [5.41, 5.74) is 1.08. The van der Waals surface area contributed by atoms with E-state index in [9.17, 15) is 4.79 Å². The molecule has 1 saturated heterocycles. The lowest BCUT2D eigenvalue weighted by Crippen LogP contribution is -2.32. The van der Waals surface area contributed by atoms with E-state index in [0.29, 0.717) is 18.2 Å². The lowest BCUT2D eigenvalue weighted by atomic mass is 9.86. The standard InChI is InChI=1S/C20H29NO3/c1-23-16-10-11-19(24-2)17(14-16)18-9-6-12-21(18)20(22)13-15-7-4-3-5-8-15/h10-11,14-15,18H,3-9,12-13H2,1-2H3. The molecule has 1 aliphatic heterocycles. The quantitative estimate of drug-likeness (QED) is 0.806. The van der Waals surface area contributed by atoms with Crippen LogP contribution in [-0.4, -0.2) is 31.6 Å². The average molecular weight is 331 g/mol. The number of amides is 1. The summed E-state index contributed by atoms with van der Waals surface area (Å²) < 4.78 is 10.9. The van der Waals surface area contributed by atoms with Crippen LogP contribution in [0, 0.1) is 5.92 Å². The van der Waals surface area contributed by atoms with Crippen molar-refractivity contribution in [2.24, 2.45) is 5.92 Å². The number of hydrogen-bond acceptors (Lipinski definition) is 3. The Morgan fingerprint density at radius 3 is 2.58 bits per heavy atom. The van der Waals surface area contributed by atoms with Gasteiger partial charge in [0, 0.05) is 18.5 Å². The molecule has 132 valence electrons. The third kappa shape index (κ3) is 3.68. The van der Waals surface area contributed by atoms with E-state index in [0.717, 1.165) is 36.4 Å². The Balaban J connectivity index is 1.76. The van der Waals surface area contributed by atoms with Crippen molar-refractivity contribution in [1.82, 2.24) is 4.90 Å². The van der Waals surface area contributed by atoms with Gasteiger partial charge in [-0.2, -0.15) is 0 Å². The summed E-state index contributed by atoms with van der Waals surface area (Å²) in [5, 5.41) is 0. The van der Waals surface area contributed by atoms with Crippen LogP contribution >= 0.6 is 0 Å². The number of rotatable bonds is 5. The lowest BCUT2D eigenvalue weighted by molar-refractivity contribution is -0.133. The topological polar surface area (TPSA) is 38.8 Å². The fourth-order valence-corrected chi connectivity index (χ4v) is 4.24. The van der Waals surface area contributed by atoms with E-state index in [-0.39, 0.29) is 6.04 Å². The number of ether oxygens (including phenoxy) is 2. The molecule has 2 fully saturated rings. The van der Waals surface area contributed by atoms with Gasteiger partial charge in [0.25, 0.3) is 0 Å². The van der Waals surface area contributed by atoms with E-state index in [4.69, 9.17) is 9.47 Å². The molecular weight excluding hydrogens is 302 g/mol. The van der Waals surface area contributed by atoms with Gasteiger partial charge in [-0.1, -0.05) is 19.3 Å². The van der Waals surface area contributed by atoms with Gasteiger partial charge in [0.15, 0.2) is 0 Å². The maximum absolute atomic E-state index is 12.9. The summed E-state index contributed by atoms with van der Waals surface area (Å²) in [7, 11) is 3.36. The molecule has 0 aromatic heterocycles. The minimum absolute atomic E-state index is 0.117. The number of carbonyl (C=O) groups excluding carboxylic acids is 1. The highest BCUT2D eigenvalue weighted by Gasteiger charge is 2.33. The van der Waals surface area contributed by atoms with Crippen LogP contribution in [0.5, 0.6) is 11.5 Å². The first-order chi connectivity index (χ1) is 11.7. The number of hydrogen-bond donors (Lipinski definition) is 0. The van der Waals surface area contributed by atoms with Crippen LogP contribution in [0.25, 0.3) is 0 Å². The molecule has 1 aromatic carbocycles. The maximum Gasteiger partial charge on any atom is 0.223 e. The lowest BCUT2D eigenvalue weighted by Gasteiger charge is -2.29. The Kier molecular flexibility index (Phi) is 5.64. The second-order valence-electron chi connectivity index (χ2n) is 7.06. The number of carbonyl (C=O) groups is 1. The summed E-state index contributed by atoms with van der Waals surface area (Å²) in [6, 6.07) is 5.99. The molecular formula is C20H29NO3. The molecule has 1 heterocycles. The number of nitrogens with zero attached hydrogens (tertiary/aromatic N) is 1. The smallest absolute Gasteiger partial charge is 0.223 e. The van der Waals surface area contributed by atoms with Crippen molar-refractivity contribution in [3.63, 3.8) is 0 Å². The molecule has 0 N–H and O–H groups in total. The maximum atomic E-state index is 12.9. The van der Waals surface area contributed by atoms with Gasteiger partial charge in [-0.3, -0.25) is 4.79 Å². The highest BCUT2D eigenvalue weighted by Crippen LogP contribution is 2.40. The van der Waals surface area contributed by atoms with E-state index < -0.39 is 0 Å². The van der Waals surface area contributed by atoms with Crippen molar-refractivity contribution in [3.8, 4) is 11.5 Å². The largest absolute Gasteiger partial charge is 0.497 e. The zero-order valence-corrected chi connectivity index (χ0v) is 14.9. The van der Waals surface area contributed by atoms with Gasteiger partial charge in [0.2, 0.25) is 5.91 Å². The molecule has 1 saturated carbocycles. The molecule has 4 nitrogen and oxygen atoms in total. The summed E-state index contributed by atoms with van der Waals surface area (Å²) in [6.07, 6.45) is 9.10. The van der Waals surface area contributed by atoms with Crippen LogP contribution in [0.15, 0.2) is 18.2 Å². The Morgan fingerprint density at radius 2 is 1.88 bits per heavy atom. The number of benzene rings is 1. The van der Waals surface area contributed by atoms with Crippen molar-refractivity contribution in [3.05, 3.63) is 23.8 Å². The molecule has 1 aliphatic carbocycles. The van der Waals surface area contributed by atoms with E-state index in [1.165, 1.54) is 32.1 Å². The van der Waals surface area contributed by atoms with Crippen LogP contribution in [0.4, 0.5) is 0 Å².